The van der Waals surface area contributed by atoms with Gasteiger partial charge in [-0.05, 0) is 30.7 Å². The van der Waals surface area contributed by atoms with Crippen molar-refractivity contribution in [1.29, 1.82) is 0 Å². The van der Waals surface area contributed by atoms with Crippen LogP contribution in [-0.4, -0.2) is 13.1 Å². The van der Waals surface area contributed by atoms with E-state index in [0.717, 1.165) is 22.4 Å². The molecule has 0 N–H and O–H groups in total. The van der Waals surface area contributed by atoms with Crippen LogP contribution >= 0.6 is 0 Å². The second-order valence-electron chi connectivity index (χ2n) is 4.69. The lowest BCUT2D eigenvalue weighted by molar-refractivity contribution is -0.133. The number of esters is 1. The summed E-state index contributed by atoms with van der Waals surface area (Å²) in [6, 6.07) is 13.4. The molecule has 0 radical (unpaired) electrons. The number of benzene rings is 2. The maximum atomic E-state index is 12.0. The highest BCUT2D eigenvalue weighted by molar-refractivity contribution is 6.22. The Kier molecular flexibility index (Phi) is 3.03. The second-order valence-corrected chi connectivity index (χ2v) is 4.69. The third-order valence-corrected chi connectivity index (χ3v) is 3.27. The van der Waals surface area contributed by atoms with E-state index in [0.29, 0.717) is 11.3 Å². The molecule has 1 aliphatic heterocycles. The van der Waals surface area contributed by atoms with Gasteiger partial charge in [-0.15, -0.1) is 0 Å². The number of fused-ring (bicyclic) bond motifs is 2. The van der Waals surface area contributed by atoms with Crippen molar-refractivity contribution >= 4 is 17.6 Å². The van der Waals surface area contributed by atoms with Crippen LogP contribution in [0.15, 0.2) is 42.5 Å². The molecule has 0 fully saturated rings. The molecule has 3 rings (SSSR count). The van der Waals surface area contributed by atoms with Crippen molar-refractivity contribution in [3.05, 3.63) is 59.2 Å². The lowest BCUT2D eigenvalue weighted by atomic mass is 10.0. The minimum atomic E-state index is -0.365. The maximum absolute atomic E-state index is 12.0. The first kappa shape index (κ1) is 12.5. The molecule has 3 heteroatoms. The third-order valence-electron chi connectivity index (χ3n) is 3.27. The van der Waals surface area contributed by atoms with E-state index < -0.39 is 0 Å². The SMILES string of the molecule is COC(=O)C1=Cc2ccccc2Oc2cc(C)ccc21. The van der Waals surface area contributed by atoms with E-state index in [2.05, 4.69) is 0 Å². The van der Waals surface area contributed by atoms with E-state index in [-0.39, 0.29) is 5.97 Å². The van der Waals surface area contributed by atoms with Gasteiger partial charge in [-0.3, -0.25) is 0 Å². The van der Waals surface area contributed by atoms with Gasteiger partial charge in [0.25, 0.3) is 0 Å². The zero-order valence-corrected chi connectivity index (χ0v) is 11.3. The van der Waals surface area contributed by atoms with Crippen LogP contribution in [0.2, 0.25) is 0 Å². The summed E-state index contributed by atoms with van der Waals surface area (Å²) in [5, 5.41) is 0. The van der Waals surface area contributed by atoms with Gasteiger partial charge in [-0.2, -0.15) is 0 Å². The second kappa shape index (κ2) is 4.85. The Morgan fingerprint density at radius 1 is 1.10 bits per heavy atom. The summed E-state index contributed by atoms with van der Waals surface area (Å²) in [5.41, 5.74) is 3.19. The fourth-order valence-electron chi connectivity index (χ4n) is 2.26. The molecular weight excluding hydrogens is 252 g/mol. The van der Waals surface area contributed by atoms with Crippen LogP contribution in [0.5, 0.6) is 11.5 Å². The van der Waals surface area contributed by atoms with Crippen molar-refractivity contribution in [2.24, 2.45) is 0 Å². The minimum absolute atomic E-state index is 0.365. The topological polar surface area (TPSA) is 35.5 Å². The Balaban J connectivity index is 2.26. The third kappa shape index (κ3) is 2.07. The highest BCUT2D eigenvalue weighted by Crippen LogP contribution is 2.38. The fourth-order valence-corrected chi connectivity index (χ4v) is 2.26. The number of ether oxygens (including phenoxy) is 2. The van der Waals surface area contributed by atoms with E-state index in [4.69, 9.17) is 9.47 Å². The predicted molar refractivity (Wildman–Crippen MR) is 77.6 cm³/mol. The molecule has 0 aliphatic carbocycles. The lowest BCUT2D eigenvalue weighted by Gasteiger charge is -2.10. The Labute approximate surface area is 117 Å². The highest BCUT2D eigenvalue weighted by atomic mass is 16.5. The summed E-state index contributed by atoms with van der Waals surface area (Å²) in [4.78, 5) is 12.0. The number of carbonyl (C=O) groups excluding carboxylic acids is 1. The smallest absolute Gasteiger partial charge is 0.338 e. The van der Waals surface area contributed by atoms with Gasteiger partial charge in [-0.25, -0.2) is 4.79 Å². The monoisotopic (exact) mass is 266 g/mol. The molecule has 0 aromatic heterocycles. The minimum Gasteiger partial charge on any atom is -0.465 e. The summed E-state index contributed by atoms with van der Waals surface area (Å²) in [7, 11) is 1.38. The van der Waals surface area contributed by atoms with Gasteiger partial charge in [0.05, 0.1) is 12.7 Å². The molecule has 0 spiro atoms. The molecule has 1 heterocycles. The number of carbonyl (C=O) groups is 1. The Hall–Kier alpha value is -2.55. The van der Waals surface area contributed by atoms with Crippen molar-refractivity contribution in [3.63, 3.8) is 0 Å². The summed E-state index contributed by atoms with van der Waals surface area (Å²) >= 11 is 0. The van der Waals surface area contributed by atoms with Gasteiger partial charge in [0.15, 0.2) is 0 Å². The Morgan fingerprint density at radius 3 is 2.70 bits per heavy atom. The van der Waals surface area contributed by atoms with Crippen LogP contribution in [0.25, 0.3) is 11.6 Å². The van der Waals surface area contributed by atoms with Crippen molar-refractivity contribution < 1.29 is 14.3 Å². The number of rotatable bonds is 1. The molecular formula is C17H14O3. The highest BCUT2D eigenvalue weighted by Gasteiger charge is 2.21. The zero-order chi connectivity index (χ0) is 14.1. The normalized spacial score (nSPS) is 12.4. The predicted octanol–water partition coefficient (Wildman–Crippen LogP) is 3.81. The number of hydrogen-bond acceptors (Lipinski definition) is 3. The van der Waals surface area contributed by atoms with Gasteiger partial charge < -0.3 is 9.47 Å². The summed E-state index contributed by atoms with van der Waals surface area (Å²) < 4.78 is 10.8. The number of para-hydroxylation sites is 1. The molecule has 2 aromatic carbocycles. The molecule has 0 bridgehead atoms. The van der Waals surface area contributed by atoms with Crippen LogP contribution in [0, 0.1) is 6.92 Å². The van der Waals surface area contributed by atoms with E-state index in [9.17, 15) is 4.79 Å². The number of hydrogen-bond donors (Lipinski definition) is 0. The van der Waals surface area contributed by atoms with Gasteiger partial charge in [0.2, 0.25) is 0 Å². The van der Waals surface area contributed by atoms with Gasteiger partial charge in [0, 0.05) is 11.1 Å². The largest absolute Gasteiger partial charge is 0.465 e. The summed E-state index contributed by atoms with van der Waals surface area (Å²) in [6.45, 7) is 1.99. The van der Waals surface area contributed by atoms with Crippen molar-refractivity contribution in [1.82, 2.24) is 0 Å². The first-order valence-corrected chi connectivity index (χ1v) is 6.37. The molecule has 0 saturated carbocycles. The van der Waals surface area contributed by atoms with Gasteiger partial charge >= 0.3 is 5.97 Å². The average molecular weight is 266 g/mol. The zero-order valence-electron chi connectivity index (χ0n) is 11.3. The van der Waals surface area contributed by atoms with E-state index in [1.165, 1.54) is 7.11 Å². The Bertz CT molecular complexity index is 714. The summed E-state index contributed by atoms with van der Waals surface area (Å²) in [6.07, 6.45) is 1.81. The molecule has 0 atom stereocenters. The van der Waals surface area contributed by atoms with Crippen LogP contribution in [0.3, 0.4) is 0 Å². The molecule has 0 saturated heterocycles. The quantitative estimate of drug-likeness (QED) is 0.736. The van der Waals surface area contributed by atoms with E-state index >= 15 is 0 Å². The van der Waals surface area contributed by atoms with Gasteiger partial charge in [-0.1, -0.05) is 30.3 Å². The molecule has 3 nitrogen and oxygen atoms in total. The molecule has 1 aliphatic rings. The maximum Gasteiger partial charge on any atom is 0.338 e. The molecule has 20 heavy (non-hydrogen) atoms. The van der Waals surface area contributed by atoms with Crippen molar-refractivity contribution in [3.8, 4) is 11.5 Å². The van der Waals surface area contributed by atoms with E-state index in [1.807, 2.05) is 55.5 Å². The number of aryl methyl sites for hydroxylation is 1. The molecule has 2 aromatic rings. The fraction of sp³-hybridized carbons (Fsp3) is 0.118. The molecule has 100 valence electrons. The van der Waals surface area contributed by atoms with Crippen molar-refractivity contribution in [2.75, 3.05) is 7.11 Å². The van der Waals surface area contributed by atoms with Crippen LogP contribution in [-0.2, 0) is 9.53 Å². The van der Waals surface area contributed by atoms with Crippen LogP contribution in [0.4, 0.5) is 0 Å². The Morgan fingerprint density at radius 2 is 1.90 bits per heavy atom. The van der Waals surface area contributed by atoms with E-state index in [1.54, 1.807) is 0 Å². The standard InChI is InChI=1S/C17H14O3/c1-11-7-8-13-14(17(18)19-2)10-12-5-3-4-6-15(12)20-16(13)9-11/h3-10H,1-2H3. The summed E-state index contributed by atoms with van der Waals surface area (Å²) in [5.74, 6) is 1.04. The number of methoxy groups -OCH3 is 1. The lowest BCUT2D eigenvalue weighted by Crippen LogP contribution is -2.04. The van der Waals surface area contributed by atoms with Crippen LogP contribution < -0.4 is 4.74 Å². The van der Waals surface area contributed by atoms with Crippen molar-refractivity contribution in [2.45, 2.75) is 6.92 Å². The molecule has 0 unspecified atom stereocenters. The van der Waals surface area contributed by atoms with Gasteiger partial charge in [0.1, 0.15) is 11.5 Å². The first-order chi connectivity index (χ1) is 9.69. The average Bonchev–Trinajstić information content (AvgIpc) is 2.62. The van der Waals surface area contributed by atoms with Crippen LogP contribution in [0.1, 0.15) is 16.7 Å². The molecule has 0 amide bonds. The first-order valence-electron chi connectivity index (χ1n) is 6.37.